The molecule has 2 saturated heterocycles. The Labute approximate surface area is 156 Å². The fourth-order valence-corrected chi connectivity index (χ4v) is 4.23. The number of carbonyl (C=O) groups is 2. The van der Waals surface area contributed by atoms with Crippen molar-refractivity contribution in [2.75, 3.05) is 26.7 Å². The number of amides is 2. The molecule has 2 aromatic heterocycles. The van der Waals surface area contributed by atoms with Crippen LogP contribution in [0.4, 0.5) is 0 Å². The third-order valence-electron chi connectivity index (χ3n) is 5.92. The van der Waals surface area contributed by atoms with E-state index in [2.05, 4.69) is 4.98 Å². The Morgan fingerprint density at radius 3 is 2.67 bits per heavy atom. The number of nitrogens with zero attached hydrogens (tertiary/aromatic N) is 4. The van der Waals surface area contributed by atoms with E-state index >= 15 is 0 Å². The van der Waals surface area contributed by atoms with Crippen molar-refractivity contribution in [3.8, 4) is 5.75 Å². The predicted molar refractivity (Wildman–Crippen MR) is 97.6 cm³/mol. The number of piperidine rings is 2. The van der Waals surface area contributed by atoms with Crippen LogP contribution in [0.15, 0.2) is 29.3 Å². The highest BCUT2D eigenvalue weighted by Crippen LogP contribution is 2.39. The van der Waals surface area contributed by atoms with Crippen molar-refractivity contribution >= 4 is 17.5 Å². The summed E-state index contributed by atoms with van der Waals surface area (Å²) in [4.78, 5) is 44.8. The second kappa shape index (κ2) is 6.37. The first kappa shape index (κ1) is 17.5. The first-order chi connectivity index (χ1) is 12.9. The minimum Gasteiger partial charge on any atom is -0.504 e. The number of hydrogen-bond acceptors (Lipinski definition) is 5. The Hall–Kier alpha value is -2.90. The Balaban J connectivity index is 1.53. The van der Waals surface area contributed by atoms with Gasteiger partial charge in [-0.15, -0.1) is 0 Å². The van der Waals surface area contributed by atoms with E-state index in [1.165, 1.54) is 28.9 Å². The number of carbonyl (C=O) groups excluding carboxylic acids is 2. The maximum absolute atomic E-state index is 12.9. The zero-order chi connectivity index (χ0) is 19.2. The van der Waals surface area contributed by atoms with Gasteiger partial charge in [0.25, 0.3) is 11.5 Å². The van der Waals surface area contributed by atoms with Gasteiger partial charge in [0.2, 0.25) is 5.91 Å². The number of hydrogen-bond donors (Lipinski definition) is 1. The van der Waals surface area contributed by atoms with Crippen molar-refractivity contribution < 1.29 is 14.7 Å². The summed E-state index contributed by atoms with van der Waals surface area (Å²) in [5, 5.41) is 9.81. The molecule has 2 aliphatic rings. The fraction of sp³-hybridized carbons (Fsp3) is 0.474. The largest absolute Gasteiger partial charge is 0.504 e. The highest BCUT2D eigenvalue weighted by Gasteiger charge is 2.41. The van der Waals surface area contributed by atoms with Gasteiger partial charge >= 0.3 is 0 Å². The molecule has 27 heavy (non-hydrogen) atoms. The van der Waals surface area contributed by atoms with Crippen LogP contribution in [-0.4, -0.2) is 62.8 Å². The SMILES string of the molecule is CN1CC2(CCC1=O)CCN(C(=O)c1cnc3c(O)cccn3c1=O)CC2. The average molecular weight is 370 g/mol. The Morgan fingerprint density at radius 1 is 1.22 bits per heavy atom. The molecule has 0 atom stereocenters. The summed E-state index contributed by atoms with van der Waals surface area (Å²) in [5.74, 6) is -0.262. The minimum absolute atomic E-state index is 0.00462. The Morgan fingerprint density at radius 2 is 1.96 bits per heavy atom. The standard InChI is InChI=1S/C19H22N4O4/c1-21-12-19(5-4-15(21)25)6-9-22(10-7-19)17(26)13-11-20-16-14(24)3-2-8-23(16)18(13)27/h2-3,8,11,24H,4-7,9-10,12H2,1H3. The topological polar surface area (TPSA) is 95.2 Å². The lowest BCUT2D eigenvalue weighted by Crippen LogP contribution is -2.51. The van der Waals surface area contributed by atoms with E-state index in [1.54, 1.807) is 9.80 Å². The molecule has 1 spiro atoms. The lowest BCUT2D eigenvalue weighted by molar-refractivity contribution is -0.137. The van der Waals surface area contributed by atoms with Crippen LogP contribution in [0.3, 0.4) is 0 Å². The van der Waals surface area contributed by atoms with E-state index in [0.29, 0.717) is 19.5 Å². The zero-order valence-corrected chi connectivity index (χ0v) is 15.2. The summed E-state index contributed by atoms with van der Waals surface area (Å²) in [6, 6.07) is 2.98. The number of aromatic hydroxyl groups is 1. The molecule has 142 valence electrons. The Kier molecular flexibility index (Phi) is 4.13. The quantitative estimate of drug-likeness (QED) is 0.804. The Bertz CT molecular complexity index is 975. The van der Waals surface area contributed by atoms with Crippen molar-refractivity contribution in [1.82, 2.24) is 19.2 Å². The summed E-state index contributed by atoms with van der Waals surface area (Å²) < 4.78 is 1.19. The molecular weight excluding hydrogens is 348 g/mol. The van der Waals surface area contributed by atoms with Gasteiger partial charge in [-0.05, 0) is 36.8 Å². The predicted octanol–water partition coefficient (Wildman–Crippen LogP) is 0.875. The van der Waals surface area contributed by atoms with Gasteiger partial charge in [-0.1, -0.05) is 0 Å². The number of pyridine rings is 1. The van der Waals surface area contributed by atoms with Gasteiger partial charge < -0.3 is 14.9 Å². The number of aromatic nitrogens is 2. The van der Waals surface area contributed by atoms with E-state index in [1.807, 2.05) is 7.05 Å². The first-order valence-electron chi connectivity index (χ1n) is 9.13. The molecule has 0 unspecified atom stereocenters. The average Bonchev–Trinajstić information content (AvgIpc) is 2.66. The molecule has 2 aromatic rings. The second-order valence-corrected chi connectivity index (χ2v) is 7.61. The van der Waals surface area contributed by atoms with Crippen LogP contribution in [0.2, 0.25) is 0 Å². The van der Waals surface area contributed by atoms with Crippen LogP contribution in [0.5, 0.6) is 5.75 Å². The van der Waals surface area contributed by atoms with Gasteiger partial charge in [0.15, 0.2) is 11.4 Å². The van der Waals surface area contributed by atoms with Crippen LogP contribution < -0.4 is 5.56 Å². The number of fused-ring (bicyclic) bond motifs is 1. The van der Waals surface area contributed by atoms with Gasteiger partial charge in [-0.2, -0.15) is 0 Å². The number of likely N-dealkylation sites (tertiary alicyclic amines) is 2. The maximum Gasteiger partial charge on any atom is 0.270 e. The molecule has 2 aliphatic heterocycles. The lowest BCUT2D eigenvalue weighted by Gasteiger charge is -2.46. The fourth-order valence-electron chi connectivity index (χ4n) is 4.23. The molecule has 4 heterocycles. The highest BCUT2D eigenvalue weighted by atomic mass is 16.3. The van der Waals surface area contributed by atoms with Gasteiger partial charge in [-0.3, -0.25) is 18.8 Å². The summed E-state index contributed by atoms with van der Waals surface area (Å²) in [5.41, 5.74) is -0.275. The molecule has 0 aliphatic carbocycles. The first-order valence-corrected chi connectivity index (χ1v) is 9.13. The van der Waals surface area contributed by atoms with Crippen molar-refractivity contribution in [3.05, 3.63) is 40.4 Å². The molecule has 2 fully saturated rings. The van der Waals surface area contributed by atoms with E-state index in [-0.39, 0.29) is 34.2 Å². The van der Waals surface area contributed by atoms with Crippen LogP contribution in [0.25, 0.3) is 5.65 Å². The van der Waals surface area contributed by atoms with E-state index < -0.39 is 5.56 Å². The third kappa shape index (κ3) is 2.94. The molecule has 1 N–H and O–H groups in total. The van der Waals surface area contributed by atoms with Crippen molar-refractivity contribution in [2.45, 2.75) is 25.7 Å². The van der Waals surface area contributed by atoms with Crippen LogP contribution >= 0.6 is 0 Å². The van der Waals surface area contributed by atoms with Crippen molar-refractivity contribution in [2.24, 2.45) is 5.41 Å². The summed E-state index contributed by atoms with van der Waals surface area (Å²) in [6.07, 6.45) is 5.79. The lowest BCUT2D eigenvalue weighted by atomic mass is 9.72. The molecular formula is C19H22N4O4. The zero-order valence-electron chi connectivity index (χ0n) is 15.2. The highest BCUT2D eigenvalue weighted by molar-refractivity contribution is 5.94. The molecule has 0 radical (unpaired) electrons. The smallest absolute Gasteiger partial charge is 0.270 e. The molecule has 0 aromatic carbocycles. The molecule has 4 rings (SSSR count). The van der Waals surface area contributed by atoms with Crippen molar-refractivity contribution in [3.63, 3.8) is 0 Å². The van der Waals surface area contributed by atoms with Crippen LogP contribution in [0, 0.1) is 5.41 Å². The maximum atomic E-state index is 12.9. The minimum atomic E-state index is -0.482. The van der Waals surface area contributed by atoms with E-state index in [0.717, 1.165) is 25.8 Å². The number of rotatable bonds is 1. The van der Waals surface area contributed by atoms with Gasteiger partial charge in [0, 0.05) is 45.5 Å². The molecule has 2 amide bonds. The van der Waals surface area contributed by atoms with Crippen LogP contribution in [-0.2, 0) is 4.79 Å². The second-order valence-electron chi connectivity index (χ2n) is 7.61. The molecule has 8 nitrogen and oxygen atoms in total. The van der Waals surface area contributed by atoms with Gasteiger partial charge in [0.05, 0.1) is 0 Å². The molecule has 0 saturated carbocycles. The van der Waals surface area contributed by atoms with Gasteiger partial charge in [0.1, 0.15) is 5.56 Å². The molecule has 8 heteroatoms. The monoisotopic (exact) mass is 370 g/mol. The van der Waals surface area contributed by atoms with Gasteiger partial charge in [-0.25, -0.2) is 4.98 Å². The third-order valence-corrected chi connectivity index (χ3v) is 5.92. The van der Waals surface area contributed by atoms with E-state index in [4.69, 9.17) is 0 Å². The van der Waals surface area contributed by atoms with Crippen LogP contribution in [0.1, 0.15) is 36.0 Å². The van der Waals surface area contributed by atoms with Crippen molar-refractivity contribution in [1.29, 1.82) is 0 Å². The summed E-state index contributed by atoms with van der Waals surface area (Å²) in [7, 11) is 1.83. The summed E-state index contributed by atoms with van der Waals surface area (Å²) in [6.45, 7) is 1.85. The summed E-state index contributed by atoms with van der Waals surface area (Å²) >= 11 is 0. The normalized spacial score (nSPS) is 19.7. The molecule has 0 bridgehead atoms. The van der Waals surface area contributed by atoms with E-state index in [9.17, 15) is 19.5 Å².